The average Bonchev–Trinajstić information content (AvgIpc) is 1.97. The van der Waals surface area contributed by atoms with Gasteiger partial charge in [0.2, 0.25) is 0 Å². The normalized spacial score (nSPS) is 15.8. The summed E-state index contributed by atoms with van der Waals surface area (Å²) in [6.45, 7) is 1.17. The third-order valence-corrected chi connectivity index (χ3v) is 4.03. The number of sulfone groups is 1. The highest BCUT2D eigenvalue weighted by molar-refractivity contribution is 7.92. The van der Waals surface area contributed by atoms with Gasteiger partial charge in [0.25, 0.3) is 0 Å². The standard InChI is InChI=1S/C8H12O4S/c1-4-5-6-8(2,7(9)10)13(3,11)12/h1H,5-6H2,2-3H3,(H,9,10)/t8-/m1/s1. The fourth-order valence-corrected chi connectivity index (χ4v) is 1.55. The molecule has 5 heteroatoms. The van der Waals surface area contributed by atoms with Crippen molar-refractivity contribution in [2.45, 2.75) is 24.5 Å². The summed E-state index contributed by atoms with van der Waals surface area (Å²) in [6.07, 6.45) is 5.92. The Hall–Kier alpha value is -1.02. The summed E-state index contributed by atoms with van der Waals surface area (Å²) in [7, 11) is -3.63. The fraction of sp³-hybridized carbons (Fsp3) is 0.625. The fourth-order valence-electron chi connectivity index (χ4n) is 0.762. The summed E-state index contributed by atoms with van der Waals surface area (Å²) in [5.41, 5.74) is 0. The van der Waals surface area contributed by atoms with Crippen LogP contribution in [0, 0.1) is 12.3 Å². The van der Waals surface area contributed by atoms with Crippen molar-refractivity contribution in [1.82, 2.24) is 0 Å². The van der Waals surface area contributed by atoms with Gasteiger partial charge in [-0.2, -0.15) is 0 Å². The minimum Gasteiger partial charge on any atom is -0.480 e. The molecular formula is C8H12O4S. The lowest BCUT2D eigenvalue weighted by Gasteiger charge is -2.21. The zero-order valence-corrected chi connectivity index (χ0v) is 8.39. The molecule has 0 amide bonds. The first kappa shape index (κ1) is 12.0. The zero-order valence-electron chi connectivity index (χ0n) is 7.57. The highest BCUT2D eigenvalue weighted by Gasteiger charge is 2.42. The quantitative estimate of drug-likeness (QED) is 0.668. The molecule has 0 saturated heterocycles. The predicted octanol–water partition coefficient (Wildman–Crippen LogP) is 0.288. The molecule has 0 aromatic rings. The molecule has 1 atom stereocenters. The highest BCUT2D eigenvalue weighted by Crippen LogP contribution is 2.22. The lowest BCUT2D eigenvalue weighted by Crippen LogP contribution is -2.42. The first-order valence-electron chi connectivity index (χ1n) is 3.62. The summed E-state index contributed by atoms with van der Waals surface area (Å²) in [6, 6.07) is 0. The van der Waals surface area contributed by atoms with Gasteiger partial charge in [0.1, 0.15) is 0 Å². The average molecular weight is 204 g/mol. The molecule has 0 heterocycles. The maximum absolute atomic E-state index is 11.2. The second-order valence-corrected chi connectivity index (χ2v) is 5.46. The number of hydrogen-bond acceptors (Lipinski definition) is 3. The molecule has 0 aromatic carbocycles. The van der Waals surface area contributed by atoms with Crippen LogP contribution in [0.1, 0.15) is 19.8 Å². The summed E-state index contributed by atoms with van der Waals surface area (Å²) in [5.74, 6) is 0.866. The van der Waals surface area contributed by atoms with E-state index in [2.05, 4.69) is 5.92 Å². The molecular weight excluding hydrogens is 192 g/mol. The van der Waals surface area contributed by atoms with Crippen LogP contribution in [0.4, 0.5) is 0 Å². The second kappa shape index (κ2) is 3.79. The van der Waals surface area contributed by atoms with Crippen LogP contribution in [-0.4, -0.2) is 30.5 Å². The van der Waals surface area contributed by atoms with E-state index in [1.54, 1.807) is 0 Å². The van der Waals surface area contributed by atoms with E-state index in [-0.39, 0.29) is 12.8 Å². The molecule has 0 radical (unpaired) electrons. The van der Waals surface area contributed by atoms with Crippen molar-refractivity contribution in [3.63, 3.8) is 0 Å². The first-order chi connectivity index (χ1) is 5.75. The van der Waals surface area contributed by atoms with E-state index in [4.69, 9.17) is 11.5 Å². The Morgan fingerprint density at radius 1 is 1.62 bits per heavy atom. The van der Waals surface area contributed by atoms with Gasteiger partial charge in [0.05, 0.1) is 0 Å². The number of hydrogen-bond donors (Lipinski definition) is 1. The van der Waals surface area contributed by atoms with Crippen LogP contribution in [0.3, 0.4) is 0 Å². The third-order valence-electron chi connectivity index (χ3n) is 2.02. The smallest absolute Gasteiger partial charge is 0.324 e. The maximum atomic E-state index is 11.2. The van der Waals surface area contributed by atoms with Crippen molar-refractivity contribution < 1.29 is 18.3 Å². The van der Waals surface area contributed by atoms with E-state index >= 15 is 0 Å². The van der Waals surface area contributed by atoms with E-state index in [0.29, 0.717) is 0 Å². The molecule has 1 N–H and O–H groups in total. The number of carboxylic acids is 1. The molecule has 0 fully saturated rings. The Labute approximate surface area is 77.9 Å². The predicted molar refractivity (Wildman–Crippen MR) is 49.0 cm³/mol. The summed E-state index contributed by atoms with van der Waals surface area (Å²) in [5, 5.41) is 8.75. The van der Waals surface area contributed by atoms with Gasteiger partial charge in [-0.3, -0.25) is 4.79 Å². The monoisotopic (exact) mass is 204 g/mol. The van der Waals surface area contributed by atoms with Crippen LogP contribution in [0.15, 0.2) is 0 Å². The van der Waals surface area contributed by atoms with Crippen LogP contribution in [0.25, 0.3) is 0 Å². The number of carbonyl (C=O) groups is 1. The van der Waals surface area contributed by atoms with E-state index in [0.717, 1.165) is 6.26 Å². The molecule has 0 aliphatic rings. The van der Waals surface area contributed by atoms with Gasteiger partial charge in [-0.05, 0) is 13.3 Å². The van der Waals surface area contributed by atoms with Gasteiger partial charge in [0.15, 0.2) is 14.6 Å². The summed E-state index contributed by atoms with van der Waals surface area (Å²) < 4.78 is 20.5. The van der Waals surface area contributed by atoms with Gasteiger partial charge >= 0.3 is 5.97 Å². The first-order valence-corrected chi connectivity index (χ1v) is 5.51. The molecule has 0 aliphatic carbocycles. The molecule has 0 unspecified atom stereocenters. The number of carboxylic acid groups (broad SMARTS) is 1. The molecule has 74 valence electrons. The van der Waals surface area contributed by atoms with Crippen LogP contribution in [0.2, 0.25) is 0 Å². The second-order valence-electron chi connectivity index (χ2n) is 3.01. The Bertz CT molecular complexity index is 336. The Balaban J connectivity index is 5.00. The molecule has 4 nitrogen and oxygen atoms in total. The van der Waals surface area contributed by atoms with E-state index < -0.39 is 20.6 Å². The molecule has 0 aliphatic heterocycles. The SMILES string of the molecule is C#CCC[C@](C)(C(=O)O)S(C)(=O)=O. The summed E-state index contributed by atoms with van der Waals surface area (Å²) >= 11 is 0. The molecule has 0 bridgehead atoms. The highest BCUT2D eigenvalue weighted by atomic mass is 32.2. The van der Waals surface area contributed by atoms with Crippen molar-refractivity contribution in [2.75, 3.05) is 6.26 Å². The Kier molecular flexibility index (Phi) is 3.50. The molecule has 0 spiro atoms. The van der Waals surface area contributed by atoms with Crippen LogP contribution in [-0.2, 0) is 14.6 Å². The molecule has 0 aromatic heterocycles. The molecule has 0 rings (SSSR count). The lowest BCUT2D eigenvalue weighted by molar-refractivity contribution is -0.139. The third kappa shape index (κ3) is 2.46. The van der Waals surface area contributed by atoms with Gasteiger partial charge in [-0.15, -0.1) is 12.3 Å². The zero-order chi connectivity index (χ0) is 10.7. The van der Waals surface area contributed by atoms with Crippen LogP contribution < -0.4 is 0 Å². The van der Waals surface area contributed by atoms with Crippen molar-refractivity contribution in [3.8, 4) is 12.3 Å². The van der Waals surface area contributed by atoms with Crippen molar-refractivity contribution in [1.29, 1.82) is 0 Å². The van der Waals surface area contributed by atoms with Crippen molar-refractivity contribution >= 4 is 15.8 Å². The molecule has 13 heavy (non-hydrogen) atoms. The van der Waals surface area contributed by atoms with E-state index in [1.165, 1.54) is 6.92 Å². The molecule has 0 saturated carbocycles. The van der Waals surface area contributed by atoms with Crippen LogP contribution >= 0.6 is 0 Å². The number of rotatable bonds is 4. The number of terminal acetylenes is 1. The number of aliphatic carboxylic acids is 1. The van der Waals surface area contributed by atoms with Crippen molar-refractivity contribution in [2.24, 2.45) is 0 Å². The van der Waals surface area contributed by atoms with Gasteiger partial charge in [0, 0.05) is 12.7 Å². The van der Waals surface area contributed by atoms with Gasteiger partial charge < -0.3 is 5.11 Å². The van der Waals surface area contributed by atoms with Gasteiger partial charge in [-0.1, -0.05) is 0 Å². The lowest BCUT2D eigenvalue weighted by atomic mass is 10.1. The minimum absolute atomic E-state index is 0.0579. The largest absolute Gasteiger partial charge is 0.480 e. The Morgan fingerprint density at radius 2 is 2.08 bits per heavy atom. The van der Waals surface area contributed by atoms with Crippen LogP contribution in [0.5, 0.6) is 0 Å². The maximum Gasteiger partial charge on any atom is 0.324 e. The van der Waals surface area contributed by atoms with E-state index in [9.17, 15) is 13.2 Å². The van der Waals surface area contributed by atoms with E-state index in [1.807, 2.05) is 0 Å². The topological polar surface area (TPSA) is 71.4 Å². The van der Waals surface area contributed by atoms with Gasteiger partial charge in [-0.25, -0.2) is 8.42 Å². The Morgan fingerprint density at radius 3 is 2.31 bits per heavy atom. The minimum atomic E-state index is -3.63. The van der Waals surface area contributed by atoms with Crippen molar-refractivity contribution in [3.05, 3.63) is 0 Å². The summed E-state index contributed by atoms with van der Waals surface area (Å²) in [4.78, 5) is 10.7.